The smallest absolute Gasteiger partial charge is 0.138 e. The summed E-state index contributed by atoms with van der Waals surface area (Å²) >= 11 is 6.27. The molecule has 0 radical (unpaired) electrons. The minimum absolute atomic E-state index is 0.0921. The van der Waals surface area contributed by atoms with Gasteiger partial charge in [0.1, 0.15) is 5.75 Å². The zero-order chi connectivity index (χ0) is 14.3. The van der Waals surface area contributed by atoms with Crippen LogP contribution in [0.1, 0.15) is 38.8 Å². The molecule has 0 aliphatic carbocycles. The SMILES string of the molecule is CCNC(C)c1ccc(OC(C)CCOC)c(Cl)c1. The molecule has 0 aliphatic rings. The molecule has 1 aromatic rings. The lowest BCUT2D eigenvalue weighted by Crippen LogP contribution is -2.18. The molecule has 0 heterocycles. The van der Waals surface area contributed by atoms with Crippen molar-refractivity contribution in [1.82, 2.24) is 5.32 Å². The average molecular weight is 286 g/mol. The van der Waals surface area contributed by atoms with Crippen LogP contribution >= 0.6 is 11.6 Å². The van der Waals surface area contributed by atoms with Crippen molar-refractivity contribution in [2.24, 2.45) is 0 Å². The van der Waals surface area contributed by atoms with Crippen LogP contribution in [0.2, 0.25) is 5.02 Å². The standard InChI is InChI=1S/C15H24ClNO2/c1-5-17-12(3)13-6-7-15(14(16)10-13)19-11(2)8-9-18-4/h6-7,10-12,17H,5,8-9H2,1-4H3. The van der Waals surface area contributed by atoms with E-state index >= 15 is 0 Å². The van der Waals surface area contributed by atoms with E-state index in [9.17, 15) is 0 Å². The van der Waals surface area contributed by atoms with E-state index < -0.39 is 0 Å². The van der Waals surface area contributed by atoms with Crippen LogP contribution in [0.3, 0.4) is 0 Å². The van der Waals surface area contributed by atoms with Crippen molar-refractivity contribution < 1.29 is 9.47 Å². The molecule has 1 rings (SSSR count). The van der Waals surface area contributed by atoms with E-state index in [-0.39, 0.29) is 6.10 Å². The number of hydrogen-bond acceptors (Lipinski definition) is 3. The van der Waals surface area contributed by atoms with Crippen LogP contribution in [0.15, 0.2) is 18.2 Å². The summed E-state index contributed by atoms with van der Waals surface area (Å²) in [4.78, 5) is 0. The van der Waals surface area contributed by atoms with Crippen molar-refractivity contribution in [2.45, 2.75) is 39.3 Å². The average Bonchev–Trinajstić information content (AvgIpc) is 2.39. The molecular weight excluding hydrogens is 262 g/mol. The fourth-order valence-electron chi connectivity index (χ4n) is 1.87. The Morgan fingerprint density at radius 1 is 1.32 bits per heavy atom. The zero-order valence-electron chi connectivity index (χ0n) is 12.2. The molecule has 0 amide bonds. The summed E-state index contributed by atoms with van der Waals surface area (Å²) in [5.74, 6) is 0.734. The second kappa shape index (κ2) is 8.41. The zero-order valence-corrected chi connectivity index (χ0v) is 13.0. The van der Waals surface area contributed by atoms with Gasteiger partial charge in [-0.1, -0.05) is 24.6 Å². The molecule has 3 nitrogen and oxygen atoms in total. The molecule has 108 valence electrons. The van der Waals surface area contributed by atoms with Crippen molar-refractivity contribution in [2.75, 3.05) is 20.3 Å². The highest BCUT2D eigenvalue weighted by molar-refractivity contribution is 6.32. The van der Waals surface area contributed by atoms with Gasteiger partial charge in [-0.05, 0) is 38.1 Å². The third-order valence-electron chi connectivity index (χ3n) is 3.02. The monoisotopic (exact) mass is 285 g/mol. The first-order valence-corrected chi connectivity index (χ1v) is 7.14. The molecule has 0 bridgehead atoms. The van der Waals surface area contributed by atoms with Crippen molar-refractivity contribution in [1.29, 1.82) is 0 Å². The number of rotatable bonds is 8. The van der Waals surface area contributed by atoms with Gasteiger partial charge in [0.05, 0.1) is 11.1 Å². The van der Waals surface area contributed by atoms with Gasteiger partial charge in [0.25, 0.3) is 0 Å². The van der Waals surface area contributed by atoms with Crippen molar-refractivity contribution >= 4 is 11.6 Å². The quantitative estimate of drug-likeness (QED) is 0.788. The van der Waals surface area contributed by atoms with E-state index in [1.54, 1.807) is 7.11 Å². The van der Waals surface area contributed by atoms with Gasteiger partial charge < -0.3 is 14.8 Å². The molecule has 4 heteroatoms. The predicted molar refractivity (Wildman–Crippen MR) is 80.1 cm³/mol. The summed E-state index contributed by atoms with van der Waals surface area (Å²) in [5.41, 5.74) is 1.17. The van der Waals surface area contributed by atoms with Crippen LogP contribution in [0.4, 0.5) is 0 Å². The van der Waals surface area contributed by atoms with E-state index in [1.807, 2.05) is 19.1 Å². The summed E-state index contributed by atoms with van der Waals surface area (Å²) in [5, 5.41) is 4.02. The second-order valence-electron chi connectivity index (χ2n) is 4.68. The Morgan fingerprint density at radius 3 is 2.63 bits per heavy atom. The van der Waals surface area contributed by atoms with Gasteiger partial charge in [-0.2, -0.15) is 0 Å². The molecule has 1 N–H and O–H groups in total. The Labute approximate surface area is 121 Å². The largest absolute Gasteiger partial charge is 0.489 e. The lowest BCUT2D eigenvalue weighted by Gasteiger charge is -2.18. The molecule has 0 aliphatic heterocycles. The number of methoxy groups -OCH3 is 1. The highest BCUT2D eigenvalue weighted by Crippen LogP contribution is 2.29. The molecule has 0 aromatic heterocycles. The fourth-order valence-corrected chi connectivity index (χ4v) is 2.10. The third-order valence-corrected chi connectivity index (χ3v) is 3.32. The van der Waals surface area contributed by atoms with Gasteiger partial charge in [-0.25, -0.2) is 0 Å². The number of halogens is 1. The molecule has 1 aromatic carbocycles. The van der Waals surface area contributed by atoms with Crippen molar-refractivity contribution in [3.05, 3.63) is 28.8 Å². The summed E-state index contributed by atoms with van der Waals surface area (Å²) in [6.07, 6.45) is 0.942. The minimum atomic E-state index is 0.0921. The first-order chi connectivity index (χ1) is 9.08. The maximum Gasteiger partial charge on any atom is 0.138 e. The van der Waals surface area contributed by atoms with E-state index in [0.29, 0.717) is 17.7 Å². The Hall–Kier alpha value is -0.770. The first-order valence-electron chi connectivity index (χ1n) is 6.76. The summed E-state index contributed by atoms with van der Waals surface area (Å²) < 4.78 is 10.8. The van der Waals surface area contributed by atoms with E-state index in [4.69, 9.17) is 21.1 Å². The van der Waals surface area contributed by atoms with E-state index in [1.165, 1.54) is 5.56 Å². The molecule has 0 saturated heterocycles. The number of hydrogen-bond donors (Lipinski definition) is 1. The maximum absolute atomic E-state index is 6.27. The van der Waals surface area contributed by atoms with Gasteiger partial charge in [0, 0.05) is 26.2 Å². The van der Waals surface area contributed by atoms with Crippen LogP contribution in [0.25, 0.3) is 0 Å². The summed E-state index contributed by atoms with van der Waals surface area (Å²) in [7, 11) is 1.69. The van der Waals surface area contributed by atoms with E-state index in [0.717, 1.165) is 18.7 Å². The molecule has 19 heavy (non-hydrogen) atoms. The summed E-state index contributed by atoms with van der Waals surface area (Å²) in [6, 6.07) is 6.25. The molecule has 2 unspecified atom stereocenters. The Balaban J connectivity index is 2.66. The number of ether oxygens (including phenoxy) is 2. The van der Waals surface area contributed by atoms with Crippen LogP contribution in [-0.4, -0.2) is 26.4 Å². The van der Waals surface area contributed by atoms with Gasteiger partial charge in [0.15, 0.2) is 0 Å². The summed E-state index contributed by atoms with van der Waals surface area (Å²) in [6.45, 7) is 7.86. The topological polar surface area (TPSA) is 30.5 Å². The van der Waals surface area contributed by atoms with E-state index in [2.05, 4.69) is 25.2 Å². The number of nitrogens with one attached hydrogen (secondary N) is 1. The lowest BCUT2D eigenvalue weighted by atomic mass is 10.1. The van der Waals surface area contributed by atoms with Crippen LogP contribution in [0.5, 0.6) is 5.75 Å². The fraction of sp³-hybridized carbons (Fsp3) is 0.600. The molecular formula is C15H24ClNO2. The molecule has 0 spiro atoms. The van der Waals surface area contributed by atoms with Gasteiger partial charge in [-0.3, -0.25) is 0 Å². The highest BCUT2D eigenvalue weighted by Gasteiger charge is 2.10. The van der Waals surface area contributed by atoms with Crippen LogP contribution in [-0.2, 0) is 4.74 Å². The minimum Gasteiger partial charge on any atom is -0.489 e. The normalized spacial score (nSPS) is 14.2. The predicted octanol–water partition coefficient (Wildman–Crippen LogP) is 3.81. The lowest BCUT2D eigenvalue weighted by molar-refractivity contribution is 0.135. The van der Waals surface area contributed by atoms with Crippen molar-refractivity contribution in [3.63, 3.8) is 0 Å². The van der Waals surface area contributed by atoms with Crippen LogP contribution < -0.4 is 10.1 Å². The molecule has 0 fully saturated rings. The first kappa shape index (κ1) is 16.3. The van der Waals surface area contributed by atoms with Crippen molar-refractivity contribution in [3.8, 4) is 5.75 Å². The highest BCUT2D eigenvalue weighted by atomic mass is 35.5. The Morgan fingerprint density at radius 2 is 2.05 bits per heavy atom. The van der Waals surface area contributed by atoms with Gasteiger partial charge in [0.2, 0.25) is 0 Å². The van der Waals surface area contributed by atoms with Gasteiger partial charge in [-0.15, -0.1) is 0 Å². The van der Waals surface area contributed by atoms with Gasteiger partial charge >= 0.3 is 0 Å². The third kappa shape index (κ3) is 5.39. The molecule has 2 atom stereocenters. The van der Waals surface area contributed by atoms with Crippen LogP contribution in [0, 0.1) is 0 Å². The maximum atomic E-state index is 6.27. The second-order valence-corrected chi connectivity index (χ2v) is 5.09. The molecule has 0 saturated carbocycles. The Bertz CT molecular complexity index is 384. The Kier molecular flexibility index (Phi) is 7.21. The number of benzene rings is 1.